The molecule has 0 amide bonds. The van der Waals surface area contributed by atoms with Gasteiger partial charge in [0, 0.05) is 11.9 Å². The summed E-state index contributed by atoms with van der Waals surface area (Å²) in [6.07, 6.45) is 32.7. The fourth-order valence-corrected chi connectivity index (χ4v) is 5.22. The Balaban J connectivity index is 0. The summed E-state index contributed by atoms with van der Waals surface area (Å²) in [6.45, 7) is 2.27. The Hall–Kier alpha value is -0.294. The number of carbonyl (C=O) groups excluding carboxylic acids is 2. The van der Waals surface area contributed by atoms with Crippen molar-refractivity contribution >= 4 is 35.0 Å². The zero-order chi connectivity index (χ0) is 26.5. The minimum absolute atomic E-state index is 0. The first-order valence-electron chi connectivity index (χ1n) is 16.0. The molecule has 0 fully saturated rings. The van der Waals surface area contributed by atoms with E-state index in [4.69, 9.17) is 0 Å². The monoisotopic (exact) mass is 532 g/mol. The number of aliphatic carboxylic acids is 2. The van der Waals surface area contributed by atoms with E-state index in [0.717, 1.165) is 57.8 Å². The molecule has 0 aromatic rings. The maximum Gasteiger partial charge on any atom is 2.00 e. The predicted molar refractivity (Wildman–Crippen MR) is 154 cm³/mol. The molecule has 0 aliphatic rings. The molecule has 0 aromatic carbocycles. The summed E-state index contributed by atoms with van der Waals surface area (Å²) in [6, 6.07) is 0. The van der Waals surface area contributed by atoms with Crippen molar-refractivity contribution in [1.82, 2.24) is 0 Å². The van der Waals surface area contributed by atoms with Crippen LogP contribution < -0.4 is 10.2 Å². The minimum Gasteiger partial charge on any atom is -0.550 e. The molecular weight excluding hydrogens is 473 g/mol. The van der Waals surface area contributed by atoms with Crippen molar-refractivity contribution in [3.63, 3.8) is 0 Å². The van der Waals surface area contributed by atoms with Crippen LogP contribution in [-0.4, -0.2) is 35.0 Å². The molecule has 0 spiro atoms. The van der Waals surface area contributed by atoms with Gasteiger partial charge in [-0.1, -0.05) is 161 Å². The normalized spacial score (nSPS) is 11.8. The molecule has 1 unspecified atom stereocenters. The number of hydrogen-bond acceptors (Lipinski definition) is 4. The fourth-order valence-electron chi connectivity index (χ4n) is 5.22. The molecule has 0 aromatic heterocycles. The number of carbonyl (C=O) groups is 2. The number of carboxylic acid groups (broad SMARTS) is 2. The van der Waals surface area contributed by atoms with Crippen LogP contribution in [0.15, 0.2) is 0 Å². The van der Waals surface area contributed by atoms with Crippen LogP contribution in [-0.2, 0) is 9.59 Å². The third-order valence-electron chi connectivity index (χ3n) is 7.67. The summed E-state index contributed by atoms with van der Waals surface area (Å²) >= 11 is 0. The third kappa shape index (κ3) is 31.8. The standard InChI is InChI=1S/C32H62O4.Mg/c1-2-3-4-5-6-7-8-9-10-12-15-18-21-24-27-30(32(35)36)28-25-22-19-16-13-11-14-17-20-23-26-29-31(33)34;/h30H,2-29H2,1H3,(H,33,34)(H,35,36);/q;+2/p-2. The second-order valence-electron chi connectivity index (χ2n) is 11.2. The second kappa shape index (κ2) is 31.9. The van der Waals surface area contributed by atoms with E-state index in [1.54, 1.807) is 0 Å². The van der Waals surface area contributed by atoms with Crippen molar-refractivity contribution in [1.29, 1.82) is 0 Å². The molecule has 0 N–H and O–H groups in total. The van der Waals surface area contributed by atoms with Crippen LogP contribution in [0.25, 0.3) is 0 Å². The quantitative estimate of drug-likeness (QED) is 0.0702. The Morgan fingerprint density at radius 3 is 1.00 bits per heavy atom. The second-order valence-corrected chi connectivity index (χ2v) is 11.2. The van der Waals surface area contributed by atoms with Gasteiger partial charge in [0.1, 0.15) is 0 Å². The van der Waals surface area contributed by atoms with E-state index in [-0.39, 0.29) is 35.4 Å². The maximum atomic E-state index is 11.5. The molecule has 0 saturated carbocycles. The summed E-state index contributed by atoms with van der Waals surface area (Å²) in [5.74, 6) is -2.03. The van der Waals surface area contributed by atoms with E-state index < -0.39 is 11.9 Å². The molecule has 0 saturated heterocycles. The molecule has 0 aliphatic heterocycles. The largest absolute Gasteiger partial charge is 2.00 e. The van der Waals surface area contributed by atoms with E-state index in [2.05, 4.69) is 6.92 Å². The molecule has 0 bridgehead atoms. The molecule has 214 valence electrons. The van der Waals surface area contributed by atoms with Crippen LogP contribution >= 0.6 is 0 Å². The minimum atomic E-state index is -0.934. The Kier molecular flexibility index (Phi) is 33.5. The zero-order valence-electron chi connectivity index (χ0n) is 24.7. The van der Waals surface area contributed by atoms with Gasteiger partial charge < -0.3 is 19.8 Å². The molecule has 0 heterocycles. The number of rotatable bonds is 30. The molecule has 37 heavy (non-hydrogen) atoms. The zero-order valence-corrected chi connectivity index (χ0v) is 26.1. The van der Waals surface area contributed by atoms with Crippen LogP contribution in [0, 0.1) is 5.92 Å². The smallest absolute Gasteiger partial charge is 0.550 e. The van der Waals surface area contributed by atoms with Crippen LogP contribution in [0.5, 0.6) is 0 Å². The Bertz CT molecular complexity index is 483. The maximum absolute atomic E-state index is 11.5. The first-order chi connectivity index (χ1) is 17.6. The van der Waals surface area contributed by atoms with Crippen LogP contribution in [0.1, 0.15) is 187 Å². The fraction of sp³-hybridized carbons (Fsp3) is 0.938. The summed E-state index contributed by atoms with van der Waals surface area (Å²) in [7, 11) is 0. The number of hydrogen-bond donors (Lipinski definition) is 0. The van der Waals surface area contributed by atoms with Crippen molar-refractivity contribution in [2.75, 3.05) is 0 Å². The van der Waals surface area contributed by atoms with Crippen molar-refractivity contribution in [3.8, 4) is 0 Å². The molecule has 4 nitrogen and oxygen atoms in total. The Morgan fingerprint density at radius 2 is 0.730 bits per heavy atom. The summed E-state index contributed by atoms with van der Waals surface area (Å²) < 4.78 is 0. The SMILES string of the molecule is CCCCCCCCCCCCCCCCC(CCCCCCCCCCCCCC(=O)[O-])C(=O)[O-].[Mg+2]. The average Bonchev–Trinajstić information content (AvgIpc) is 2.85. The van der Waals surface area contributed by atoms with Crippen LogP contribution in [0.2, 0.25) is 0 Å². The van der Waals surface area contributed by atoms with Crippen molar-refractivity contribution in [2.45, 2.75) is 187 Å². The predicted octanol–water partition coefficient (Wildman–Crippen LogP) is 7.66. The van der Waals surface area contributed by atoms with E-state index in [9.17, 15) is 19.8 Å². The van der Waals surface area contributed by atoms with Gasteiger partial charge in [0.2, 0.25) is 0 Å². The van der Waals surface area contributed by atoms with Crippen LogP contribution in [0.3, 0.4) is 0 Å². The third-order valence-corrected chi connectivity index (χ3v) is 7.67. The van der Waals surface area contributed by atoms with E-state index >= 15 is 0 Å². The number of carboxylic acids is 2. The van der Waals surface area contributed by atoms with E-state index in [1.807, 2.05) is 0 Å². The molecular formula is C32H60MgO4. The topological polar surface area (TPSA) is 80.3 Å². The number of unbranched alkanes of at least 4 members (excludes halogenated alkanes) is 23. The van der Waals surface area contributed by atoms with Crippen LogP contribution in [0.4, 0.5) is 0 Å². The van der Waals surface area contributed by atoms with Crippen molar-refractivity contribution in [2.24, 2.45) is 5.92 Å². The van der Waals surface area contributed by atoms with Crippen molar-refractivity contribution < 1.29 is 19.8 Å². The van der Waals surface area contributed by atoms with Crippen molar-refractivity contribution in [3.05, 3.63) is 0 Å². The summed E-state index contributed by atoms with van der Waals surface area (Å²) in [5, 5.41) is 21.8. The molecule has 5 heteroatoms. The van der Waals surface area contributed by atoms with E-state index in [0.29, 0.717) is 0 Å². The van der Waals surface area contributed by atoms with Gasteiger partial charge in [-0.25, -0.2) is 0 Å². The first-order valence-corrected chi connectivity index (χ1v) is 16.0. The van der Waals surface area contributed by atoms with Gasteiger partial charge in [0.25, 0.3) is 0 Å². The van der Waals surface area contributed by atoms with Gasteiger partial charge in [-0.3, -0.25) is 0 Å². The van der Waals surface area contributed by atoms with E-state index in [1.165, 1.54) is 116 Å². The first kappa shape index (κ1) is 38.9. The van der Waals surface area contributed by atoms with Gasteiger partial charge >= 0.3 is 23.1 Å². The van der Waals surface area contributed by atoms with Gasteiger partial charge in [0.05, 0.1) is 0 Å². The Morgan fingerprint density at radius 1 is 0.459 bits per heavy atom. The molecule has 1 atom stereocenters. The molecule has 0 rings (SSSR count). The summed E-state index contributed by atoms with van der Waals surface area (Å²) in [5.41, 5.74) is 0. The van der Waals surface area contributed by atoms with Gasteiger partial charge in [0.15, 0.2) is 0 Å². The summed E-state index contributed by atoms with van der Waals surface area (Å²) in [4.78, 5) is 21.8. The van der Waals surface area contributed by atoms with Gasteiger partial charge in [-0.05, 0) is 31.6 Å². The molecule has 0 aliphatic carbocycles. The van der Waals surface area contributed by atoms with Gasteiger partial charge in [-0.2, -0.15) is 0 Å². The average molecular weight is 533 g/mol. The van der Waals surface area contributed by atoms with Gasteiger partial charge in [-0.15, -0.1) is 0 Å². The molecule has 0 radical (unpaired) electrons. The Labute approximate surface area is 246 Å².